The summed E-state index contributed by atoms with van der Waals surface area (Å²) in [5.74, 6) is 0.364. The van der Waals surface area contributed by atoms with Crippen LogP contribution in [-0.4, -0.2) is 38.2 Å². The normalized spacial score (nSPS) is 13.1. The van der Waals surface area contributed by atoms with Crippen molar-refractivity contribution < 1.29 is 23.4 Å². The number of fused-ring (bicyclic) bond motifs is 1. The lowest BCUT2D eigenvalue weighted by Gasteiger charge is -2.19. The summed E-state index contributed by atoms with van der Waals surface area (Å²) in [5, 5.41) is 0.330. The van der Waals surface area contributed by atoms with Crippen molar-refractivity contribution in [3.63, 3.8) is 0 Å². The van der Waals surface area contributed by atoms with Crippen molar-refractivity contribution in [2.75, 3.05) is 27.4 Å². The molecule has 0 aromatic heterocycles. The highest BCUT2D eigenvalue weighted by Crippen LogP contribution is 2.38. The second kappa shape index (κ2) is 7.83. The summed E-state index contributed by atoms with van der Waals surface area (Å²) in [7, 11) is 3.04. The molecule has 0 radical (unpaired) electrons. The first-order valence-corrected chi connectivity index (χ1v) is 8.54. The van der Waals surface area contributed by atoms with Gasteiger partial charge in [0, 0.05) is 25.6 Å². The summed E-state index contributed by atoms with van der Waals surface area (Å²) in [5.41, 5.74) is 1.04. The van der Waals surface area contributed by atoms with E-state index in [0.717, 1.165) is 6.42 Å². The van der Waals surface area contributed by atoms with Crippen molar-refractivity contribution >= 4 is 17.5 Å². The van der Waals surface area contributed by atoms with Crippen LogP contribution in [0.15, 0.2) is 30.3 Å². The molecule has 26 heavy (non-hydrogen) atoms. The molecule has 0 aliphatic carbocycles. The Morgan fingerprint density at radius 2 is 2.04 bits per heavy atom. The van der Waals surface area contributed by atoms with Crippen LogP contribution in [-0.2, 0) is 6.54 Å². The van der Waals surface area contributed by atoms with E-state index in [2.05, 4.69) is 0 Å². The molecule has 138 valence electrons. The summed E-state index contributed by atoms with van der Waals surface area (Å²) in [6.07, 6.45) is 0.747. The molecular weight excluding hydrogens is 361 g/mol. The van der Waals surface area contributed by atoms with Crippen molar-refractivity contribution in [3.05, 3.63) is 52.3 Å². The highest BCUT2D eigenvalue weighted by atomic mass is 35.5. The van der Waals surface area contributed by atoms with Gasteiger partial charge in [0.25, 0.3) is 5.91 Å². The van der Waals surface area contributed by atoms with E-state index in [1.54, 1.807) is 25.2 Å². The number of amides is 1. The van der Waals surface area contributed by atoms with E-state index in [1.807, 2.05) is 0 Å². The lowest BCUT2D eigenvalue weighted by Crippen LogP contribution is -2.26. The lowest BCUT2D eigenvalue weighted by atomic mass is 10.1. The number of ether oxygens (including phenoxy) is 3. The third-order valence-electron chi connectivity index (χ3n) is 4.03. The average molecular weight is 380 g/mol. The SMILES string of the molecule is COc1ccc(CN(C)C(=O)c2cc(Cl)c3c(c2)OCCCO3)cc1F. The van der Waals surface area contributed by atoms with Crippen LogP contribution in [0.1, 0.15) is 22.3 Å². The first kappa shape index (κ1) is 18.3. The molecule has 0 fully saturated rings. The number of carbonyl (C=O) groups is 1. The van der Waals surface area contributed by atoms with Gasteiger partial charge in [-0.05, 0) is 29.8 Å². The zero-order valence-corrected chi connectivity index (χ0v) is 15.3. The van der Waals surface area contributed by atoms with E-state index in [9.17, 15) is 9.18 Å². The standard InChI is InChI=1S/C19H19ClFNO4/c1-22(11-12-4-5-16(24-2)15(21)8-12)19(23)13-9-14(20)18-17(10-13)25-6-3-7-26-18/h4-5,8-10H,3,6-7,11H2,1-2H3. The Kier molecular flexibility index (Phi) is 5.52. The van der Waals surface area contributed by atoms with Crippen LogP contribution in [0, 0.1) is 5.82 Å². The maximum atomic E-state index is 13.8. The zero-order chi connectivity index (χ0) is 18.7. The number of rotatable bonds is 4. The molecule has 1 heterocycles. The van der Waals surface area contributed by atoms with Crippen LogP contribution in [0.2, 0.25) is 5.02 Å². The maximum absolute atomic E-state index is 13.8. The number of hydrogen-bond acceptors (Lipinski definition) is 4. The van der Waals surface area contributed by atoms with Gasteiger partial charge in [-0.2, -0.15) is 0 Å². The van der Waals surface area contributed by atoms with E-state index in [4.69, 9.17) is 25.8 Å². The molecule has 1 aliphatic rings. The van der Waals surface area contributed by atoms with Gasteiger partial charge in [-0.25, -0.2) is 4.39 Å². The van der Waals surface area contributed by atoms with E-state index in [1.165, 1.54) is 24.1 Å². The molecule has 0 N–H and O–H groups in total. The monoisotopic (exact) mass is 379 g/mol. The predicted molar refractivity (Wildman–Crippen MR) is 95.8 cm³/mol. The van der Waals surface area contributed by atoms with Gasteiger partial charge >= 0.3 is 0 Å². The minimum absolute atomic E-state index is 0.164. The van der Waals surface area contributed by atoms with Crippen LogP contribution in [0.5, 0.6) is 17.2 Å². The molecule has 3 rings (SSSR count). The quantitative estimate of drug-likeness (QED) is 0.807. The summed E-state index contributed by atoms with van der Waals surface area (Å²) in [4.78, 5) is 14.2. The summed E-state index contributed by atoms with van der Waals surface area (Å²) >= 11 is 6.24. The van der Waals surface area contributed by atoms with Crippen molar-refractivity contribution in [1.29, 1.82) is 0 Å². The van der Waals surface area contributed by atoms with Gasteiger partial charge in [-0.3, -0.25) is 4.79 Å². The van der Waals surface area contributed by atoms with Crippen molar-refractivity contribution in [3.8, 4) is 17.2 Å². The molecule has 0 bridgehead atoms. The highest BCUT2D eigenvalue weighted by molar-refractivity contribution is 6.32. The number of nitrogens with zero attached hydrogens (tertiary/aromatic N) is 1. The van der Waals surface area contributed by atoms with Crippen LogP contribution in [0.3, 0.4) is 0 Å². The van der Waals surface area contributed by atoms with Crippen LogP contribution < -0.4 is 14.2 Å². The first-order chi connectivity index (χ1) is 12.5. The van der Waals surface area contributed by atoms with Crippen molar-refractivity contribution in [2.24, 2.45) is 0 Å². The Morgan fingerprint density at radius 3 is 2.77 bits per heavy atom. The van der Waals surface area contributed by atoms with Gasteiger partial charge in [0.1, 0.15) is 0 Å². The Bertz CT molecular complexity index is 827. The number of halogens is 2. The lowest BCUT2D eigenvalue weighted by molar-refractivity contribution is 0.0784. The second-order valence-corrected chi connectivity index (χ2v) is 6.37. The zero-order valence-electron chi connectivity index (χ0n) is 14.6. The van der Waals surface area contributed by atoms with Gasteiger partial charge < -0.3 is 19.1 Å². The molecular formula is C19H19ClFNO4. The van der Waals surface area contributed by atoms with Crippen LogP contribution >= 0.6 is 11.6 Å². The van der Waals surface area contributed by atoms with Crippen molar-refractivity contribution in [1.82, 2.24) is 4.90 Å². The fourth-order valence-electron chi connectivity index (χ4n) is 2.73. The largest absolute Gasteiger partial charge is 0.494 e. The number of hydrogen-bond donors (Lipinski definition) is 0. The highest BCUT2D eigenvalue weighted by Gasteiger charge is 2.20. The summed E-state index contributed by atoms with van der Waals surface area (Å²) in [6.45, 7) is 1.26. The smallest absolute Gasteiger partial charge is 0.254 e. The van der Waals surface area contributed by atoms with Crippen LogP contribution in [0.25, 0.3) is 0 Å². The van der Waals surface area contributed by atoms with Gasteiger partial charge in [-0.1, -0.05) is 17.7 Å². The number of benzene rings is 2. The molecule has 2 aromatic rings. The first-order valence-electron chi connectivity index (χ1n) is 8.16. The summed E-state index contributed by atoms with van der Waals surface area (Å²) < 4.78 is 29.9. The molecule has 0 saturated carbocycles. The number of methoxy groups -OCH3 is 1. The topological polar surface area (TPSA) is 48.0 Å². The average Bonchev–Trinajstić information content (AvgIpc) is 2.87. The van der Waals surface area contributed by atoms with Gasteiger partial charge in [0.15, 0.2) is 23.1 Å². The van der Waals surface area contributed by atoms with E-state index in [0.29, 0.717) is 40.9 Å². The fraction of sp³-hybridized carbons (Fsp3) is 0.316. The van der Waals surface area contributed by atoms with E-state index >= 15 is 0 Å². The van der Waals surface area contributed by atoms with Gasteiger partial charge in [0.2, 0.25) is 0 Å². The van der Waals surface area contributed by atoms with Crippen molar-refractivity contribution in [2.45, 2.75) is 13.0 Å². The molecule has 7 heteroatoms. The van der Waals surface area contributed by atoms with E-state index in [-0.39, 0.29) is 18.2 Å². The minimum Gasteiger partial charge on any atom is -0.494 e. The van der Waals surface area contributed by atoms with E-state index < -0.39 is 5.82 Å². The molecule has 1 amide bonds. The Labute approximate surface area is 156 Å². The molecule has 5 nitrogen and oxygen atoms in total. The second-order valence-electron chi connectivity index (χ2n) is 5.97. The number of carbonyl (C=O) groups excluding carboxylic acids is 1. The maximum Gasteiger partial charge on any atom is 0.254 e. The predicted octanol–water partition coefficient (Wildman–Crippen LogP) is 3.92. The Hall–Kier alpha value is -2.47. The van der Waals surface area contributed by atoms with Gasteiger partial charge in [-0.15, -0.1) is 0 Å². The van der Waals surface area contributed by atoms with Gasteiger partial charge in [0.05, 0.1) is 25.3 Å². The summed E-state index contributed by atoms with van der Waals surface area (Å²) in [6, 6.07) is 7.78. The molecule has 0 atom stereocenters. The third kappa shape index (κ3) is 3.85. The third-order valence-corrected chi connectivity index (χ3v) is 4.31. The minimum atomic E-state index is -0.468. The molecule has 0 spiro atoms. The Balaban J connectivity index is 1.79. The molecule has 2 aromatic carbocycles. The molecule has 0 saturated heterocycles. The van der Waals surface area contributed by atoms with Crippen LogP contribution in [0.4, 0.5) is 4.39 Å². The molecule has 1 aliphatic heterocycles. The fourth-order valence-corrected chi connectivity index (χ4v) is 2.99. The molecule has 0 unspecified atom stereocenters. The Morgan fingerprint density at radius 1 is 1.27 bits per heavy atom.